The van der Waals surface area contributed by atoms with Crippen LogP contribution in [0.3, 0.4) is 0 Å². The summed E-state index contributed by atoms with van der Waals surface area (Å²) in [5, 5.41) is 31.4. The number of ether oxygens (including phenoxy) is 3. The summed E-state index contributed by atoms with van der Waals surface area (Å²) in [5.41, 5.74) is -0.288. The molecule has 0 spiro atoms. The third-order valence-electron chi connectivity index (χ3n) is 10.8. The molecule has 318 valence electrons. The standard InChI is InChI=1S/C42H63N3O12/c1-40(2,3)55-37(52)43-13-10-28(22-43)31(34(46)47)19-25-16-26(20-32(35(48)49)29-11-14-44(23-29)38(53)56-41(4,5)6)18-27(17-25)21-33(36(50)51)30-12-15-45(24-30)39(54)57-42(7,8)9/h16-18,28-33H,10-15,19-24H2,1-9H3,(H,46,47)(H,48,49)(H,50,51)/t28-,29-,30-,31-,32-,33-/m0/s1. The maximum atomic E-state index is 12.8. The predicted molar refractivity (Wildman–Crippen MR) is 209 cm³/mol. The smallest absolute Gasteiger partial charge is 0.410 e. The topological polar surface area (TPSA) is 201 Å². The number of hydrogen-bond donors (Lipinski definition) is 3. The summed E-state index contributed by atoms with van der Waals surface area (Å²) >= 11 is 0. The highest BCUT2D eigenvalue weighted by atomic mass is 16.6. The van der Waals surface area contributed by atoms with Gasteiger partial charge in [-0.15, -0.1) is 0 Å². The van der Waals surface area contributed by atoms with Gasteiger partial charge in [0.25, 0.3) is 0 Å². The van der Waals surface area contributed by atoms with Gasteiger partial charge in [0.15, 0.2) is 0 Å². The van der Waals surface area contributed by atoms with Crippen LogP contribution in [0, 0.1) is 35.5 Å². The van der Waals surface area contributed by atoms with Crippen molar-refractivity contribution in [2.75, 3.05) is 39.3 Å². The van der Waals surface area contributed by atoms with Crippen molar-refractivity contribution in [3.8, 4) is 0 Å². The number of carboxylic acids is 3. The normalized spacial score (nSPS) is 21.8. The number of nitrogens with zero attached hydrogens (tertiary/aromatic N) is 3. The number of rotatable bonds is 12. The molecule has 3 heterocycles. The van der Waals surface area contributed by atoms with E-state index in [0.29, 0.717) is 55.6 Å². The third kappa shape index (κ3) is 13.2. The summed E-state index contributed by atoms with van der Waals surface area (Å²) in [7, 11) is 0. The fraction of sp³-hybridized carbons (Fsp3) is 0.714. The molecular weight excluding hydrogens is 738 g/mol. The van der Waals surface area contributed by atoms with Crippen molar-refractivity contribution < 1.29 is 58.3 Å². The average Bonchev–Trinajstić information content (AvgIpc) is 3.84. The van der Waals surface area contributed by atoms with E-state index in [1.807, 2.05) is 0 Å². The van der Waals surface area contributed by atoms with Crippen molar-refractivity contribution in [2.24, 2.45) is 35.5 Å². The van der Waals surface area contributed by atoms with Crippen LogP contribution >= 0.6 is 0 Å². The van der Waals surface area contributed by atoms with Crippen LogP contribution in [0.25, 0.3) is 0 Å². The molecule has 3 N–H and O–H groups in total. The molecule has 1 aromatic carbocycles. The lowest BCUT2D eigenvalue weighted by atomic mass is 9.81. The maximum Gasteiger partial charge on any atom is 0.410 e. The first-order valence-electron chi connectivity index (χ1n) is 20.0. The van der Waals surface area contributed by atoms with Crippen LogP contribution < -0.4 is 0 Å². The number of carbonyl (C=O) groups excluding carboxylic acids is 3. The second kappa shape index (κ2) is 17.9. The van der Waals surface area contributed by atoms with Crippen molar-refractivity contribution in [3.05, 3.63) is 34.9 Å². The molecule has 6 atom stereocenters. The van der Waals surface area contributed by atoms with E-state index >= 15 is 0 Å². The molecule has 3 amide bonds. The Hall–Kier alpha value is -4.56. The molecule has 1 aromatic rings. The molecule has 0 saturated carbocycles. The van der Waals surface area contributed by atoms with Gasteiger partial charge in [0.1, 0.15) is 16.8 Å². The Bertz CT molecular complexity index is 1460. The number of amides is 3. The Kier molecular flexibility index (Phi) is 14.2. The summed E-state index contributed by atoms with van der Waals surface area (Å²) in [6.45, 7) is 17.5. The van der Waals surface area contributed by atoms with Gasteiger partial charge >= 0.3 is 36.2 Å². The van der Waals surface area contributed by atoms with Gasteiger partial charge in [-0.25, -0.2) is 14.4 Å². The molecule has 0 unspecified atom stereocenters. The fourth-order valence-corrected chi connectivity index (χ4v) is 8.15. The Balaban J connectivity index is 1.62. The molecule has 0 radical (unpaired) electrons. The minimum atomic E-state index is -1.04. The van der Waals surface area contributed by atoms with Gasteiger partial charge in [0.2, 0.25) is 0 Å². The number of carbonyl (C=O) groups is 6. The number of benzene rings is 1. The van der Waals surface area contributed by atoms with E-state index < -0.39 is 70.7 Å². The molecule has 3 aliphatic rings. The lowest BCUT2D eigenvalue weighted by molar-refractivity contribution is -0.144. The quantitative estimate of drug-likeness (QED) is 0.203. The second-order valence-electron chi connectivity index (χ2n) is 19.0. The summed E-state index contributed by atoms with van der Waals surface area (Å²) in [4.78, 5) is 81.5. The lowest BCUT2D eigenvalue weighted by Gasteiger charge is -2.26. The molecule has 0 bridgehead atoms. The van der Waals surface area contributed by atoms with Gasteiger partial charge in [-0.1, -0.05) is 18.2 Å². The molecule has 0 aliphatic carbocycles. The molecule has 57 heavy (non-hydrogen) atoms. The summed E-state index contributed by atoms with van der Waals surface area (Å²) in [6.07, 6.45) is 0.0638. The molecular formula is C42H63N3O12. The van der Waals surface area contributed by atoms with Crippen LogP contribution in [0.1, 0.15) is 98.3 Å². The average molecular weight is 802 g/mol. The van der Waals surface area contributed by atoms with Gasteiger partial charge < -0.3 is 44.2 Å². The van der Waals surface area contributed by atoms with Crippen LogP contribution in [0.4, 0.5) is 14.4 Å². The van der Waals surface area contributed by atoms with Crippen LogP contribution in [0.5, 0.6) is 0 Å². The second-order valence-corrected chi connectivity index (χ2v) is 19.0. The monoisotopic (exact) mass is 801 g/mol. The van der Waals surface area contributed by atoms with Gasteiger partial charge in [-0.05, 0) is 135 Å². The minimum absolute atomic E-state index is 0.0736. The van der Waals surface area contributed by atoms with E-state index in [0.717, 1.165) is 0 Å². The van der Waals surface area contributed by atoms with Crippen molar-refractivity contribution in [1.29, 1.82) is 0 Å². The van der Waals surface area contributed by atoms with E-state index in [9.17, 15) is 44.1 Å². The molecule has 15 heteroatoms. The zero-order chi connectivity index (χ0) is 42.6. The molecule has 3 aliphatic heterocycles. The van der Waals surface area contributed by atoms with Crippen molar-refractivity contribution in [2.45, 2.75) is 118 Å². The molecule has 3 saturated heterocycles. The first-order valence-corrected chi connectivity index (χ1v) is 20.0. The van der Waals surface area contributed by atoms with Crippen LogP contribution in [0.15, 0.2) is 18.2 Å². The molecule has 0 aromatic heterocycles. The van der Waals surface area contributed by atoms with E-state index in [1.165, 1.54) is 14.7 Å². The maximum absolute atomic E-state index is 12.8. The Morgan fingerprint density at radius 1 is 0.509 bits per heavy atom. The van der Waals surface area contributed by atoms with E-state index in [-0.39, 0.29) is 56.7 Å². The largest absolute Gasteiger partial charge is 0.481 e. The van der Waals surface area contributed by atoms with Crippen molar-refractivity contribution in [3.63, 3.8) is 0 Å². The Morgan fingerprint density at radius 2 is 0.737 bits per heavy atom. The lowest BCUT2D eigenvalue weighted by Crippen LogP contribution is -2.37. The van der Waals surface area contributed by atoms with E-state index in [1.54, 1.807) is 80.5 Å². The first-order chi connectivity index (χ1) is 26.3. The number of hydrogen-bond acceptors (Lipinski definition) is 9. The van der Waals surface area contributed by atoms with E-state index in [4.69, 9.17) is 14.2 Å². The Morgan fingerprint density at radius 3 is 0.930 bits per heavy atom. The zero-order valence-electron chi connectivity index (χ0n) is 35.0. The van der Waals surface area contributed by atoms with Crippen LogP contribution in [-0.2, 0) is 47.9 Å². The van der Waals surface area contributed by atoms with E-state index in [2.05, 4.69) is 0 Å². The molecule has 3 fully saturated rings. The first kappa shape index (κ1) is 45.1. The number of aliphatic carboxylic acids is 3. The fourth-order valence-electron chi connectivity index (χ4n) is 8.15. The Labute approximate surface area is 336 Å². The molecule has 4 rings (SSSR count). The van der Waals surface area contributed by atoms with Gasteiger partial charge in [0, 0.05) is 39.3 Å². The van der Waals surface area contributed by atoms with Crippen molar-refractivity contribution in [1.82, 2.24) is 14.7 Å². The van der Waals surface area contributed by atoms with Crippen LogP contribution in [-0.4, -0.2) is 122 Å². The van der Waals surface area contributed by atoms with Crippen molar-refractivity contribution >= 4 is 36.2 Å². The highest BCUT2D eigenvalue weighted by Gasteiger charge is 2.41. The van der Waals surface area contributed by atoms with Gasteiger partial charge in [-0.3, -0.25) is 14.4 Å². The third-order valence-corrected chi connectivity index (χ3v) is 10.8. The number of carboxylic acid groups (broad SMARTS) is 3. The highest BCUT2D eigenvalue weighted by Crippen LogP contribution is 2.34. The highest BCUT2D eigenvalue weighted by molar-refractivity contribution is 5.74. The van der Waals surface area contributed by atoms with Gasteiger partial charge in [-0.2, -0.15) is 0 Å². The molecule has 15 nitrogen and oxygen atoms in total. The minimum Gasteiger partial charge on any atom is -0.481 e. The zero-order valence-corrected chi connectivity index (χ0v) is 35.0. The SMILES string of the molecule is CC(C)(C)OC(=O)N1CC[C@H]([C@H](Cc2cc(C[C@H](C(=O)O)[C@H]3CCN(C(=O)OC(C)(C)C)C3)cc(C[C@H](C(=O)O)[C@H]3CCN(C(=O)OC(C)(C)C)C3)c2)C(=O)O)C1. The summed E-state index contributed by atoms with van der Waals surface area (Å²) in [5.74, 6) is -6.91. The summed E-state index contributed by atoms with van der Waals surface area (Å²) in [6, 6.07) is 5.39. The summed E-state index contributed by atoms with van der Waals surface area (Å²) < 4.78 is 16.6. The number of likely N-dealkylation sites (tertiary alicyclic amines) is 3. The predicted octanol–water partition coefficient (Wildman–Crippen LogP) is 6.19. The van der Waals surface area contributed by atoms with Gasteiger partial charge in [0.05, 0.1) is 17.8 Å². The van der Waals surface area contributed by atoms with Crippen LogP contribution in [0.2, 0.25) is 0 Å².